The summed E-state index contributed by atoms with van der Waals surface area (Å²) in [5.41, 5.74) is 7.92. The highest BCUT2D eigenvalue weighted by Gasteiger charge is 2.29. The van der Waals surface area contributed by atoms with Crippen LogP contribution in [0.15, 0.2) is 79.4 Å². The Balaban J connectivity index is 1.24. The summed E-state index contributed by atoms with van der Waals surface area (Å²) in [6.07, 6.45) is 4.54. The Labute approximate surface area is 264 Å². The van der Waals surface area contributed by atoms with Crippen molar-refractivity contribution < 1.29 is 9.59 Å². The molecule has 8 heteroatoms. The molecule has 3 aliphatic rings. The molecule has 3 aliphatic heterocycles. The molecule has 2 saturated heterocycles. The Hall–Kier alpha value is -4.85. The van der Waals surface area contributed by atoms with Crippen LogP contribution in [0.25, 0.3) is 10.8 Å². The van der Waals surface area contributed by atoms with Crippen LogP contribution >= 0.6 is 0 Å². The van der Waals surface area contributed by atoms with Gasteiger partial charge in [-0.25, -0.2) is 4.98 Å². The molecule has 1 N–H and O–H groups in total. The minimum atomic E-state index is -0.204. The normalized spacial score (nSPS) is 16.6. The quantitative estimate of drug-likeness (QED) is 0.283. The van der Waals surface area contributed by atoms with E-state index < -0.39 is 0 Å². The van der Waals surface area contributed by atoms with Gasteiger partial charge in [0.2, 0.25) is 5.91 Å². The number of piperazine rings is 1. The number of hydrogen-bond donors (Lipinski definition) is 1. The standard InChI is InChI=1S/C37H40N6O2/c1-3-35(44)42-22-20-41(21-23-42)34-24-30(37(45)39-29-13-4-5-14-32(29)40-17-6-7-18-40)38-31-25-43(19-16-28(31)34)33-15-9-12-27-11-8-10-26(2)36(27)33/h3-5,8-15,24H,1,6-7,16-23,25H2,2H3,(H,39,45). The van der Waals surface area contributed by atoms with E-state index in [0.717, 1.165) is 61.7 Å². The van der Waals surface area contributed by atoms with Crippen molar-refractivity contribution >= 4 is 45.3 Å². The van der Waals surface area contributed by atoms with Crippen LogP contribution in [0.1, 0.15) is 40.2 Å². The molecule has 1 aromatic heterocycles. The average molecular weight is 601 g/mol. The third-order valence-electron chi connectivity index (χ3n) is 9.53. The number of carbonyl (C=O) groups excluding carboxylic acids is 2. The van der Waals surface area contributed by atoms with Crippen LogP contribution < -0.4 is 20.0 Å². The van der Waals surface area contributed by atoms with Crippen molar-refractivity contribution in [3.63, 3.8) is 0 Å². The maximum Gasteiger partial charge on any atom is 0.274 e. The molecule has 3 aromatic carbocycles. The van der Waals surface area contributed by atoms with Gasteiger partial charge in [-0.15, -0.1) is 0 Å². The molecule has 0 unspecified atom stereocenters. The van der Waals surface area contributed by atoms with Crippen molar-refractivity contribution in [2.45, 2.75) is 32.7 Å². The predicted molar refractivity (Wildman–Crippen MR) is 183 cm³/mol. The molecule has 2 fully saturated rings. The predicted octanol–water partition coefficient (Wildman–Crippen LogP) is 5.79. The fourth-order valence-electron chi connectivity index (χ4n) is 7.19. The highest BCUT2D eigenvalue weighted by molar-refractivity contribution is 6.05. The molecule has 2 amide bonds. The first kappa shape index (κ1) is 28.9. The molecule has 0 atom stereocenters. The molecule has 230 valence electrons. The number of nitrogens with one attached hydrogen (secondary N) is 1. The number of fused-ring (bicyclic) bond motifs is 2. The summed E-state index contributed by atoms with van der Waals surface area (Å²) in [6.45, 7) is 11.9. The lowest BCUT2D eigenvalue weighted by molar-refractivity contribution is -0.126. The molecular weight excluding hydrogens is 560 g/mol. The van der Waals surface area contributed by atoms with Gasteiger partial charge >= 0.3 is 0 Å². The number of aryl methyl sites for hydroxylation is 1. The van der Waals surface area contributed by atoms with Gasteiger partial charge < -0.3 is 24.9 Å². The second-order valence-electron chi connectivity index (χ2n) is 12.3. The summed E-state index contributed by atoms with van der Waals surface area (Å²) in [6, 6.07) is 22.9. The Kier molecular flexibility index (Phi) is 7.88. The van der Waals surface area contributed by atoms with E-state index in [-0.39, 0.29) is 11.8 Å². The van der Waals surface area contributed by atoms with Crippen molar-refractivity contribution in [2.75, 3.05) is 65.8 Å². The zero-order valence-electron chi connectivity index (χ0n) is 26.0. The van der Waals surface area contributed by atoms with Gasteiger partial charge in [-0.2, -0.15) is 0 Å². The number of rotatable bonds is 6. The van der Waals surface area contributed by atoms with Gasteiger partial charge in [0.25, 0.3) is 5.91 Å². The van der Waals surface area contributed by atoms with Crippen LogP contribution in [-0.2, 0) is 17.8 Å². The van der Waals surface area contributed by atoms with Gasteiger partial charge in [-0.1, -0.05) is 49.0 Å². The van der Waals surface area contributed by atoms with E-state index in [2.05, 4.69) is 76.0 Å². The third kappa shape index (κ3) is 5.61. The number of aromatic nitrogens is 1. The van der Waals surface area contributed by atoms with Crippen molar-refractivity contribution in [1.29, 1.82) is 0 Å². The number of nitrogens with zero attached hydrogens (tertiary/aromatic N) is 5. The maximum absolute atomic E-state index is 14.0. The maximum atomic E-state index is 14.0. The smallest absolute Gasteiger partial charge is 0.274 e. The minimum absolute atomic E-state index is 0.0378. The van der Waals surface area contributed by atoms with Crippen LogP contribution in [0.3, 0.4) is 0 Å². The number of hydrogen-bond acceptors (Lipinski definition) is 6. The summed E-state index contributed by atoms with van der Waals surface area (Å²) in [5, 5.41) is 5.69. The van der Waals surface area contributed by atoms with Gasteiger partial charge in [-0.05, 0) is 67.5 Å². The lowest BCUT2D eigenvalue weighted by Gasteiger charge is -2.39. The molecule has 45 heavy (non-hydrogen) atoms. The summed E-state index contributed by atoms with van der Waals surface area (Å²) < 4.78 is 0. The van der Waals surface area contributed by atoms with Crippen molar-refractivity contribution in [3.8, 4) is 0 Å². The number of amides is 2. The summed E-state index contributed by atoms with van der Waals surface area (Å²) in [7, 11) is 0. The fourth-order valence-corrected chi connectivity index (χ4v) is 7.19. The first-order valence-electron chi connectivity index (χ1n) is 16.1. The van der Waals surface area contributed by atoms with Gasteiger partial charge in [0.1, 0.15) is 5.69 Å². The summed E-state index contributed by atoms with van der Waals surface area (Å²) in [5.74, 6) is -0.242. The number of pyridine rings is 1. The Bertz CT molecular complexity index is 1770. The molecule has 0 bridgehead atoms. The van der Waals surface area contributed by atoms with Crippen LogP contribution in [0.5, 0.6) is 0 Å². The second-order valence-corrected chi connectivity index (χ2v) is 12.3. The lowest BCUT2D eigenvalue weighted by Crippen LogP contribution is -2.49. The summed E-state index contributed by atoms with van der Waals surface area (Å²) in [4.78, 5) is 40.2. The number of anilines is 4. The van der Waals surface area contributed by atoms with E-state index in [1.54, 1.807) is 0 Å². The molecule has 0 saturated carbocycles. The minimum Gasteiger partial charge on any atom is -0.370 e. The number of carbonyl (C=O) groups is 2. The van der Waals surface area contributed by atoms with Crippen LogP contribution in [0.4, 0.5) is 22.7 Å². The molecule has 0 spiro atoms. The fraction of sp³-hybridized carbons (Fsp3) is 0.324. The molecule has 8 nitrogen and oxygen atoms in total. The molecule has 0 aliphatic carbocycles. The SMILES string of the molecule is C=CC(=O)N1CCN(c2cc(C(=O)Nc3ccccc3N3CCCC3)nc3c2CCN(c2cccc4cccc(C)c24)C3)CC1. The van der Waals surface area contributed by atoms with E-state index >= 15 is 0 Å². The van der Waals surface area contributed by atoms with E-state index in [1.807, 2.05) is 29.2 Å². The van der Waals surface area contributed by atoms with E-state index in [9.17, 15) is 9.59 Å². The zero-order chi connectivity index (χ0) is 30.9. The third-order valence-corrected chi connectivity index (χ3v) is 9.53. The van der Waals surface area contributed by atoms with Gasteiger partial charge in [-0.3, -0.25) is 9.59 Å². The molecule has 0 radical (unpaired) electrons. The van der Waals surface area contributed by atoms with Crippen LogP contribution in [-0.4, -0.2) is 67.5 Å². The Morgan fingerprint density at radius 3 is 2.29 bits per heavy atom. The Morgan fingerprint density at radius 2 is 1.51 bits per heavy atom. The second kappa shape index (κ2) is 12.3. The van der Waals surface area contributed by atoms with Crippen LogP contribution in [0, 0.1) is 6.92 Å². The first-order chi connectivity index (χ1) is 22.0. The molecule has 4 aromatic rings. The van der Waals surface area contributed by atoms with Gasteiger partial charge in [0.15, 0.2) is 0 Å². The monoisotopic (exact) mass is 600 g/mol. The number of para-hydroxylation sites is 2. The van der Waals surface area contributed by atoms with Gasteiger partial charge in [0.05, 0.1) is 23.6 Å². The molecule has 7 rings (SSSR count). The molecule has 4 heterocycles. The Morgan fingerprint density at radius 1 is 0.800 bits per heavy atom. The largest absolute Gasteiger partial charge is 0.370 e. The van der Waals surface area contributed by atoms with E-state index in [1.165, 1.54) is 33.7 Å². The van der Waals surface area contributed by atoms with Gasteiger partial charge in [0, 0.05) is 68.1 Å². The zero-order valence-corrected chi connectivity index (χ0v) is 26.0. The van der Waals surface area contributed by atoms with Crippen molar-refractivity contribution in [1.82, 2.24) is 9.88 Å². The first-order valence-corrected chi connectivity index (χ1v) is 16.1. The summed E-state index contributed by atoms with van der Waals surface area (Å²) >= 11 is 0. The topological polar surface area (TPSA) is 72.0 Å². The van der Waals surface area contributed by atoms with Crippen molar-refractivity contribution in [3.05, 3.63) is 102 Å². The lowest BCUT2D eigenvalue weighted by atomic mass is 9.97. The van der Waals surface area contributed by atoms with E-state index in [0.29, 0.717) is 38.4 Å². The van der Waals surface area contributed by atoms with E-state index in [4.69, 9.17) is 4.98 Å². The highest BCUT2D eigenvalue weighted by Crippen LogP contribution is 2.36. The van der Waals surface area contributed by atoms with Crippen LogP contribution in [0.2, 0.25) is 0 Å². The highest BCUT2D eigenvalue weighted by atomic mass is 16.2. The molecular formula is C37H40N6O2. The van der Waals surface area contributed by atoms with Crippen molar-refractivity contribution in [2.24, 2.45) is 0 Å². The number of benzene rings is 3. The average Bonchev–Trinajstić information content (AvgIpc) is 3.62.